The van der Waals surface area contributed by atoms with E-state index in [2.05, 4.69) is 10.6 Å². The summed E-state index contributed by atoms with van der Waals surface area (Å²) in [6, 6.07) is 7.82. The quantitative estimate of drug-likeness (QED) is 0.740. The number of thioether (sulfide) groups is 1. The zero-order chi connectivity index (χ0) is 18.1. The van der Waals surface area contributed by atoms with E-state index in [1.165, 1.54) is 24.2 Å². The molecule has 0 heterocycles. The molecule has 0 saturated heterocycles. The number of benzene rings is 1. The molecule has 26 heavy (non-hydrogen) atoms. The lowest BCUT2D eigenvalue weighted by Crippen LogP contribution is -2.53. The van der Waals surface area contributed by atoms with Gasteiger partial charge in [0.05, 0.1) is 0 Å². The molecule has 0 radical (unpaired) electrons. The van der Waals surface area contributed by atoms with E-state index in [4.69, 9.17) is 0 Å². The average molecular weight is 373 g/mol. The Morgan fingerprint density at radius 3 is 2.15 bits per heavy atom. The molecule has 0 unspecified atom stereocenters. The van der Waals surface area contributed by atoms with Crippen molar-refractivity contribution in [2.24, 2.45) is 23.2 Å². The van der Waals surface area contributed by atoms with Crippen LogP contribution in [0.3, 0.4) is 0 Å². The number of hydrogen-bond donors (Lipinski definition) is 2. The van der Waals surface area contributed by atoms with Crippen molar-refractivity contribution in [3.05, 3.63) is 24.3 Å². The van der Waals surface area contributed by atoms with Gasteiger partial charge in [0.2, 0.25) is 11.8 Å². The van der Waals surface area contributed by atoms with Gasteiger partial charge in [-0.25, -0.2) is 0 Å². The highest BCUT2D eigenvalue weighted by Crippen LogP contribution is 2.60. The second-order valence-corrected chi connectivity index (χ2v) is 9.36. The Kier molecular flexibility index (Phi) is 5.00. The maximum absolute atomic E-state index is 12.9. The minimum absolute atomic E-state index is 0.0484. The Bertz CT molecular complexity index is 650. The maximum atomic E-state index is 12.9. The fourth-order valence-corrected chi connectivity index (χ4v) is 6.17. The van der Waals surface area contributed by atoms with Crippen molar-refractivity contribution in [1.82, 2.24) is 5.32 Å². The summed E-state index contributed by atoms with van der Waals surface area (Å²) in [5.74, 6) is 2.44. The van der Waals surface area contributed by atoms with Crippen LogP contribution in [0, 0.1) is 23.2 Å². The van der Waals surface area contributed by atoms with Crippen LogP contribution in [0.15, 0.2) is 29.2 Å². The van der Waals surface area contributed by atoms with Gasteiger partial charge in [0.1, 0.15) is 0 Å². The lowest BCUT2D eigenvalue weighted by molar-refractivity contribution is -0.146. The second kappa shape index (κ2) is 7.26. The first-order valence-electron chi connectivity index (χ1n) is 9.78. The lowest BCUT2D eigenvalue weighted by atomic mass is 9.49. The van der Waals surface area contributed by atoms with Crippen molar-refractivity contribution in [2.45, 2.75) is 49.8 Å². The van der Waals surface area contributed by atoms with Gasteiger partial charge in [0.15, 0.2) is 0 Å². The molecule has 4 bridgehead atoms. The number of anilines is 1. The summed E-state index contributed by atoms with van der Waals surface area (Å²) in [6.45, 7) is 0.426. The molecule has 4 saturated carbocycles. The first-order valence-corrected chi connectivity index (χ1v) is 11.0. The van der Waals surface area contributed by atoms with E-state index >= 15 is 0 Å². The van der Waals surface area contributed by atoms with Gasteiger partial charge in [-0.15, -0.1) is 11.8 Å². The van der Waals surface area contributed by atoms with Crippen LogP contribution in [0.5, 0.6) is 0 Å². The van der Waals surface area contributed by atoms with Gasteiger partial charge in [0.25, 0.3) is 0 Å². The molecule has 2 N–H and O–H groups in total. The van der Waals surface area contributed by atoms with E-state index in [-0.39, 0.29) is 17.2 Å². The van der Waals surface area contributed by atoms with Crippen LogP contribution < -0.4 is 10.6 Å². The molecule has 4 nitrogen and oxygen atoms in total. The van der Waals surface area contributed by atoms with Gasteiger partial charge < -0.3 is 10.6 Å². The molecule has 0 atom stereocenters. The fraction of sp³-hybridized carbons (Fsp3) is 0.619. The zero-order valence-corrected chi connectivity index (χ0v) is 16.2. The van der Waals surface area contributed by atoms with Crippen LogP contribution in [0.2, 0.25) is 0 Å². The van der Waals surface area contributed by atoms with E-state index in [9.17, 15) is 9.59 Å². The van der Waals surface area contributed by atoms with E-state index in [0.29, 0.717) is 13.0 Å². The largest absolute Gasteiger partial charge is 0.355 e. The predicted octanol–water partition coefficient (Wildman–Crippen LogP) is 4.07. The predicted molar refractivity (Wildman–Crippen MR) is 105 cm³/mol. The van der Waals surface area contributed by atoms with E-state index in [0.717, 1.165) is 42.7 Å². The van der Waals surface area contributed by atoms with Crippen LogP contribution in [-0.2, 0) is 9.59 Å². The van der Waals surface area contributed by atoms with Crippen LogP contribution in [0.25, 0.3) is 0 Å². The summed E-state index contributed by atoms with van der Waals surface area (Å²) in [7, 11) is 0. The van der Waals surface area contributed by atoms with Crippen LogP contribution >= 0.6 is 11.8 Å². The molecular formula is C21H28N2O2S. The zero-order valence-electron chi connectivity index (χ0n) is 15.4. The van der Waals surface area contributed by atoms with Crippen LogP contribution in [-0.4, -0.2) is 24.6 Å². The fourth-order valence-electron chi connectivity index (χ4n) is 5.76. The number of amides is 2. The standard InChI is InChI=1S/C21H28N2O2S/c1-26-18-4-2-17(3-5-18)23-19(24)6-7-22-20(25)21-11-14-8-15(12-21)10-16(9-14)13-21/h2-5,14-16H,6-13H2,1H3,(H,22,25)(H,23,24). The van der Waals surface area contributed by atoms with Gasteiger partial charge >= 0.3 is 0 Å². The summed E-state index contributed by atoms with van der Waals surface area (Å²) in [5, 5.41) is 5.97. The van der Waals surface area contributed by atoms with Gasteiger partial charge in [-0.1, -0.05) is 0 Å². The van der Waals surface area contributed by atoms with E-state index in [1.54, 1.807) is 11.8 Å². The molecule has 4 aliphatic rings. The molecule has 0 aromatic heterocycles. The van der Waals surface area contributed by atoms with Crippen molar-refractivity contribution in [3.63, 3.8) is 0 Å². The third kappa shape index (κ3) is 3.64. The Hall–Kier alpha value is -1.49. The number of nitrogens with one attached hydrogen (secondary N) is 2. The summed E-state index contributed by atoms with van der Waals surface area (Å²) in [4.78, 5) is 26.2. The lowest BCUT2D eigenvalue weighted by Gasteiger charge is -2.55. The molecule has 1 aromatic carbocycles. The van der Waals surface area contributed by atoms with Crippen molar-refractivity contribution in [1.29, 1.82) is 0 Å². The third-order valence-electron chi connectivity index (χ3n) is 6.53. The molecule has 5 heteroatoms. The third-order valence-corrected chi connectivity index (χ3v) is 7.27. The normalized spacial score (nSPS) is 31.7. The average Bonchev–Trinajstić information content (AvgIpc) is 2.61. The molecule has 1 aromatic rings. The molecule has 0 spiro atoms. The van der Waals surface area contributed by atoms with Gasteiger partial charge in [-0.3, -0.25) is 9.59 Å². The molecule has 2 amide bonds. The van der Waals surface area contributed by atoms with Crippen molar-refractivity contribution in [2.75, 3.05) is 18.1 Å². The van der Waals surface area contributed by atoms with Crippen molar-refractivity contribution in [3.8, 4) is 0 Å². The second-order valence-electron chi connectivity index (χ2n) is 8.48. The minimum atomic E-state index is -0.126. The highest BCUT2D eigenvalue weighted by Gasteiger charge is 2.54. The van der Waals surface area contributed by atoms with E-state index in [1.807, 2.05) is 30.5 Å². The monoisotopic (exact) mass is 372 g/mol. The number of carbonyl (C=O) groups is 2. The summed E-state index contributed by atoms with van der Waals surface area (Å²) >= 11 is 1.68. The van der Waals surface area contributed by atoms with Gasteiger partial charge in [0, 0.05) is 29.0 Å². The number of hydrogen-bond acceptors (Lipinski definition) is 3. The highest BCUT2D eigenvalue weighted by molar-refractivity contribution is 7.98. The number of rotatable bonds is 6. The Morgan fingerprint density at radius 1 is 1.04 bits per heavy atom. The topological polar surface area (TPSA) is 58.2 Å². The first kappa shape index (κ1) is 17.9. The Labute approximate surface area is 159 Å². The Balaban J connectivity index is 1.25. The SMILES string of the molecule is CSc1ccc(NC(=O)CCNC(=O)C23CC4CC(CC(C4)C2)C3)cc1. The van der Waals surface area contributed by atoms with Gasteiger partial charge in [-0.05, 0) is 86.8 Å². The van der Waals surface area contributed by atoms with Crippen LogP contribution in [0.4, 0.5) is 5.69 Å². The van der Waals surface area contributed by atoms with E-state index < -0.39 is 0 Å². The maximum Gasteiger partial charge on any atom is 0.226 e. The molecule has 5 rings (SSSR count). The molecule has 0 aliphatic heterocycles. The molecular weight excluding hydrogens is 344 g/mol. The summed E-state index contributed by atoms with van der Waals surface area (Å²) < 4.78 is 0. The first-order chi connectivity index (χ1) is 12.6. The van der Waals surface area contributed by atoms with Gasteiger partial charge in [-0.2, -0.15) is 0 Å². The smallest absolute Gasteiger partial charge is 0.226 e. The summed E-state index contributed by atoms with van der Waals surface area (Å²) in [5.41, 5.74) is 0.680. The molecule has 4 fully saturated rings. The Morgan fingerprint density at radius 2 is 1.62 bits per heavy atom. The number of carbonyl (C=O) groups excluding carboxylic acids is 2. The highest BCUT2D eigenvalue weighted by atomic mass is 32.2. The molecule has 140 valence electrons. The molecule has 4 aliphatic carbocycles. The summed E-state index contributed by atoms with van der Waals surface area (Å²) in [6.07, 6.45) is 9.57. The van der Waals surface area contributed by atoms with Crippen molar-refractivity contribution >= 4 is 29.3 Å². The minimum Gasteiger partial charge on any atom is -0.355 e. The van der Waals surface area contributed by atoms with Crippen molar-refractivity contribution < 1.29 is 9.59 Å². The van der Waals surface area contributed by atoms with Crippen LogP contribution in [0.1, 0.15) is 44.9 Å².